The third-order valence-electron chi connectivity index (χ3n) is 3.09. The van der Waals surface area contributed by atoms with E-state index in [1.807, 2.05) is 13.8 Å². The molecule has 0 saturated heterocycles. The van der Waals surface area contributed by atoms with Crippen LogP contribution in [0.25, 0.3) is 0 Å². The zero-order valence-corrected chi connectivity index (χ0v) is 12.5. The highest BCUT2D eigenvalue weighted by Gasteiger charge is 2.30. The first kappa shape index (κ1) is 17.3. The molecule has 0 saturated carbocycles. The van der Waals surface area contributed by atoms with Crippen molar-refractivity contribution >= 4 is 7.37 Å². The van der Waals surface area contributed by atoms with Gasteiger partial charge < -0.3 is 4.89 Å². The van der Waals surface area contributed by atoms with Crippen molar-refractivity contribution in [3.05, 3.63) is 35.4 Å². The van der Waals surface area contributed by atoms with E-state index in [-0.39, 0.29) is 18.2 Å². The van der Waals surface area contributed by atoms with Gasteiger partial charge in [-0.25, -0.2) is 0 Å². The summed E-state index contributed by atoms with van der Waals surface area (Å²) in [6, 6.07) is 4.45. The van der Waals surface area contributed by atoms with E-state index in [9.17, 15) is 22.6 Å². The van der Waals surface area contributed by atoms with Crippen molar-refractivity contribution in [2.75, 3.05) is 6.16 Å². The molecule has 0 aliphatic heterocycles. The number of hydrogen-bond donors (Lipinski definition) is 1. The van der Waals surface area contributed by atoms with E-state index in [4.69, 9.17) is 0 Å². The smallest absolute Gasteiger partial charge is 0.344 e. The van der Waals surface area contributed by atoms with Crippen LogP contribution in [0.5, 0.6) is 0 Å². The van der Waals surface area contributed by atoms with Gasteiger partial charge in [-0.3, -0.25) is 4.57 Å². The fourth-order valence-electron chi connectivity index (χ4n) is 2.22. The molecule has 0 aromatic heterocycles. The fourth-order valence-corrected chi connectivity index (χ4v) is 4.29. The van der Waals surface area contributed by atoms with Gasteiger partial charge >= 0.3 is 6.18 Å². The third-order valence-corrected chi connectivity index (χ3v) is 5.14. The summed E-state index contributed by atoms with van der Waals surface area (Å²) in [5, 5.41) is 0. The largest absolute Gasteiger partial charge is 0.416 e. The lowest BCUT2D eigenvalue weighted by atomic mass is 10.1. The fraction of sp³-hybridized carbons (Fsp3) is 0.571. The van der Waals surface area contributed by atoms with E-state index in [1.54, 1.807) is 0 Å². The molecule has 0 radical (unpaired) electrons. The van der Waals surface area contributed by atoms with Crippen LogP contribution < -0.4 is 0 Å². The lowest BCUT2D eigenvalue weighted by Gasteiger charge is -2.16. The summed E-state index contributed by atoms with van der Waals surface area (Å²) in [6.45, 7) is 3.92. The summed E-state index contributed by atoms with van der Waals surface area (Å²) in [4.78, 5) is 9.93. The summed E-state index contributed by atoms with van der Waals surface area (Å²) < 4.78 is 49.3. The lowest BCUT2D eigenvalue weighted by molar-refractivity contribution is -0.137. The molecule has 1 aromatic rings. The van der Waals surface area contributed by atoms with Gasteiger partial charge in [-0.05, 0) is 23.6 Å². The van der Waals surface area contributed by atoms with Gasteiger partial charge in [0.25, 0.3) is 0 Å². The van der Waals surface area contributed by atoms with Gasteiger partial charge in [0.2, 0.25) is 7.37 Å². The maximum atomic E-state index is 12.4. The Hall–Kier alpha value is -0.800. The normalized spacial score (nSPS) is 16.7. The van der Waals surface area contributed by atoms with Crippen LogP contribution in [0.2, 0.25) is 0 Å². The van der Waals surface area contributed by atoms with Gasteiger partial charge in [-0.15, -0.1) is 0 Å². The molecule has 0 fully saturated rings. The standard InChI is InChI=1S/C14H20F3O2P/c1-3-4-11(2)9-20(18,19)10-12-5-7-13(8-6-12)14(15,16)17/h5-8,11H,3-4,9-10H2,1-2H3,(H,18,19). The highest BCUT2D eigenvalue weighted by Crippen LogP contribution is 2.46. The highest BCUT2D eigenvalue weighted by molar-refractivity contribution is 7.57. The summed E-state index contributed by atoms with van der Waals surface area (Å²) >= 11 is 0. The van der Waals surface area contributed by atoms with E-state index in [0.717, 1.165) is 25.0 Å². The number of halogens is 3. The molecular weight excluding hydrogens is 288 g/mol. The number of hydrogen-bond acceptors (Lipinski definition) is 1. The second-order valence-corrected chi connectivity index (χ2v) is 7.65. The predicted molar refractivity (Wildman–Crippen MR) is 73.9 cm³/mol. The predicted octanol–water partition coefficient (Wildman–Crippen LogP) is 4.91. The molecule has 2 atom stereocenters. The Bertz CT molecular complexity index is 468. The molecule has 2 nitrogen and oxygen atoms in total. The summed E-state index contributed by atoms with van der Waals surface area (Å²) in [5.41, 5.74) is -0.277. The molecule has 2 unspecified atom stereocenters. The van der Waals surface area contributed by atoms with Crippen molar-refractivity contribution in [2.24, 2.45) is 5.92 Å². The second-order valence-electron chi connectivity index (χ2n) is 5.28. The molecule has 0 amide bonds. The van der Waals surface area contributed by atoms with Crippen LogP contribution in [0.4, 0.5) is 13.2 Å². The highest BCUT2D eigenvalue weighted by atomic mass is 31.2. The molecule has 0 spiro atoms. The van der Waals surface area contributed by atoms with E-state index in [0.29, 0.717) is 5.56 Å². The van der Waals surface area contributed by atoms with Gasteiger partial charge in [0.1, 0.15) is 0 Å². The van der Waals surface area contributed by atoms with Crippen molar-refractivity contribution in [2.45, 2.75) is 39.0 Å². The van der Waals surface area contributed by atoms with E-state index >= 15 is 0 Å². The Labute approximate surface area is 117 Å². The van der Waals surface area contributed by atoms with Gasteiger partial charge in [0.15, 0.2) is 0 Å². The lowest BCUT2D eigenvalue weighted by Crippen LogP contribution is -2.06. The molecule has 20 heavy (non-hydrogen) atoms. The van der Waals surface area contributed by atoms with Gasteiger partial charge in [-0.2, -0.15) is 13.2 Å². The topological polar surface area (TPSA) is 37.3 Å². The molecule has 1 N–H and O–H groups in total. The van der Waals surface area contributed by atoms with Gasteiger partial charge in [0.05, 0.1) is 5.56 Å². The Morgan fingerprint density at radius 2 is 1.80 bits per heavy atom. The summed E-state index contributed by atoms with van der Waals surface area (Å²) in [7, 11) is -3.34. The molecule has 114 valence electrons. The molecule has 6 heteroatoms. The average Bonchev–Trinajstić information content (AvgIpc) is 2.27. The first-order chi connectivity index (χ1) is 9.14. The summed E-state index contributed by atoms with van der Waals surface area (Å²) in [5.74, 6) is 0.144. The van der Waals surface area contributed by atoms with E-state index < -0.39 is 19.1 Å². The van der Waals surface area contributed by atoms with Crippen LogP contribution in [0.3, 0.4) is 0 Å². The van der Waals surface area contributed by atoms with Crippen molar-refractivity contribution < 1.29 is 22.6 Å². The Balaban J connectivity index is 2.70. The molecule has 1 aromatic carbocycles. The van der Waals surface area contributed by atoms with Crippen LogP contribution in [0.15, 0.2) is 24.3 Å². The minimum atomic E-state index is -4.38. The van der Waals surface area contributed by atoms with E-state index in [1.165, 1.54) is 12.1 Å². The van der Waals surface area contributed by atoms with Gasteiger partial charge in [0, 0.05) is 12.3 Å². The molecule has 0 heterocycles. The maximum absolute atomic E-state index is 12.4. The van der Waals surface area contributed by atoms with Crippen molar-refractivity contribution in [1.29, 1.82) is 0 Å². The third kappa shape index (κ3) is 5.68. The molecule has 1 rings (SSSR count). The Morgan fingerprint density at radius 3 is 2.25 bits per heavy atom. The zero-order chi connectivity index (χ0) is 15.4. The van der Waals surface area contributed by atoms with Crippen LogP contribution in [0.1, 0.15) is 37.8 Å². The quantitative estimate of drug-likeness (QED) is 0.758. The van der Waals surface area contributed by atoms with Gasteiger partial charge in [-0.1, -0.05) is 38.8 Å². The number of rotatable bonds is 6. The van der Waals surface area contributed by atoms with Crippen LogP contribution in [0, 0.1) is 5.92 Å². The molecular formula is C14H20F3O2P. The van der Waals surface area contributed by atoms with Crippen molar-refractivity contribution in [3.8, 4) is 0 Å². The second kappa shape index (κ2) is 6.77. The summed E-state index contributed by atoms with van der Waals surface area (Å²) in [6.07, 6.45) is -2.42. The van der Waals surface area contributed by atoms with Crippen LogP contribution >= 0.6 is 7.37 Å². The van der Waals surface area contributed by atoms with Crippen LogP contribution in [-0.2, 0) is 16.9 Å². The van der Waals surface area contributed by atoms with Crippen molar-refractivity contribution in [1.82, 2.24) is 0 Å². The van der Waals surface area contributed by atoms with E-state index in [2.05, 4.69) is 0 Å². The minimum Gasteiger partial charge on any atom is -0.344 e. The molecule has 0 bridgehead atoms. The average molecular weight is 308 g/mol. The maximum Gasteiger partial charge on any atom is 0.416 e. The number of alkyl halides is 3. The SMILES string of the molecule is CCCC(C)CP(=O)(O)Cc1ccc(C(F)(F)F)cc1. The Morgan fingerprint density at radius 1 is 1.25 bits per heavy atom. The monoisotopic (exact) mass is 308 g/mol. The zero-order valence-electron chi connectivity index (χ0n) is 11.7. The first-order valence-corrected chi connectivity index (χ1v) is 8.64. The Kier molecular flexibility index (Phi) is 5.84. The first-order valence-electron chi connectivity index (χ1n) is 6.61. The molecule has 0 aliphatic rings. The molecule has 0 aliphatic carbocycles. The minimum absolute atomic E-state index is 0.0702. The van der Waals surface area contributed by atoms with Crippen LogP contribution in [-0.4, -0.2) is 11.1 Å². The number of benzene rings is 1. The van der Waals surface area contributed by atoms with Crippen molar-refractivity contribution in [3.63, 3.8) is 0 Å².